The fourth-order valence-electron chi connectivity index (χ4n) is 1.91. The Kier molecular flexibility index (Phi) is 6.75. The zero-order valence-electron chi connectivity index (χ0n) is 12.3. The van der Waals surface area contributed by atoms with Gasteiger partial charge in [0.2, 0.25) is 12.3 Å². The molecule has 0 aliphatic rings. The molecule has 7 heteroatoms. The number of pyridine rings is 1. The first-order valence-electron chi connectivity index (χ1n) is 6.72. The molecule has 0 bridgehead atoms. The molecule has 0 radical (unpaired) electrons. The van der Waals surface area contributed by atoms with Crippen LogP contribution in [0, 0.1) is 0 Å². The zero-order chi connectivity index (χ0) is 16.2. The predicted molar refractivity (Wildman–Crippen MR) is 83.9 cm³/mol. The van der Waals surface area contributed by atoms with Crippen molar-refractivity contribution in [2.24, 2.45) is 0 Å². The van der Waals surface area contributed by atoms with Crippen molar-refractivity contribution in [2.75, 3.05) is 6.61 Å². The molecule has 1 heterocycles. The highest BCUT2D eigenvalue weighted by Crippen LogP contribution is 2.27. The molecule has 23 heavy (non-hydrogen) atoms. The Bertz CT molecular complexity index is 640. The van der Waals surface area contributed by atoms with Gasteiger partial charge in [-0.15, -0.1) is 17.0 Å². The molecule has 2 rings (SSSR count). The molecule has 1 aromatic heterocycles. The average Bonchev–Trinajstić information content (AvgIpc) is 2.48. The monoisotopic (exact) mass is 390 g/mol. The fourth-order valence-corrected chi connectivity index (χ4v) is 1.91. The molecule has 0 aliphatic heterocycles. The molecule has 0 spiro atoms. The van der Waals surface area contributed by atoms with Gasteiger partial charge in [0.15, 0.2) is 12.4 Å². The molecule has 124 valence electrons. The van der Waals surface area contributed by atoms with E-state index in [2.05, 4.69) is 0 Å². The summed E-state index contributed by atoms with van der Waals surface area (Å²) in [5.74, 6) is 0.481. The number of rotatable bonds is 5. The maximum atomic E-state index is 12.5. The molecule has 0 atom stereocenters. The van der Waals surface area contributed by atoms with Crippen molar-refractivity contribution in [3.63, 3.8) is 0 Å². The van der Waals surface area contributed by atoms with Crippen LogP contribution in [-0.4, -0.2) is 12.4 Å². The van der Waals surface area contributed by atoms with Crippen LogP contribution < -0.4 is 9.30 Å². The predicted octanol–water partition coefficient (Wildman–Crippen LogP) is 3.85. The van der Waals surface area contributed by atoms with Crippen molar-refractivity contribution in [3.8, 4) is 5.75 Å². The van der Waals surface area contributed by atoms with Gasteiger partial charge in [0.25, 0.3) is 0 Å². The van der Waals surface area contributed by atoms with E-state index in [-0.39, 0.29) is 29.3 Å². The lowest BCUT2D eigenvalue weighted by molar-refractivity contribution is -0.683. The van der Waals surface area contributed by atoms with E-state index in [1.54, 1.807) is 24.3 Å². The maximum Gasteiger partial charge on any atom is 0.416 e. The van der Waals surface area contributed by atoms with Gasteiger partial charge in [-0.2, -0.15) is 17.7 Å². The van der Waals surface area contributed by atoms with Crippen molar-refractivity contribution >= 4 is 22.8 Å². The first-order valence-corrected chi connectivity index (χ1v) is 6.72. The largest absolute Gasteiger partial charge is 0.494 e. The molecule has 1 aromatic carbocycles. The van der Waals surface area contributed by atoms with E-state index in [0.29, 0.717) is 17.9 Å². The quantitative estimate of drug-likeness (QED) is 0.573. The highest BCUT2D eigenvalue weighted by atomic mass is 79.9. The second-order valence-corrected chi connectivity index (χ2v) is 4.64. The topological polar surface area (TPSA) is 30.2 Å². The normalized spacial score (nSPS) is 10.8. The number of hydrogen-bond donors (Lipinski definition) is 0. The molecule has 0 N–H and O–H groups in total. The lowest BCUT2D eigenvalue weighted by Gasteiger charge is -2.05. The molecule has 2 aromatic rings. The fraction of sp³-hybridized carbons (Fsp3) is 0.250. The second kappa shape index (κ2) is 8.10. The Labute approximate surface area is 142 Å². The third-order valence-corrected chi connectivity index (χ3v) is 3.03. The van der Waals surface area contributed by atoms with E-state index in [4.69, 9.17) is 4.74 Å². The molecule has 0 fully saturated rings. The Morgan fingerprint density at radius 1 is 1.09 bits per heavy atom. The Morgan fingerprint density at radius 3 is 2.13 bits per heavy atom. The standard InChI is InChI=1S/C16H15F3NO2.BrH/c1-2-22-14-5-3-12(4-6-14)15(21)11-20-9-7-13(8-10-20)16(17,18)19;/h3-10H,2,11H2,1H3;1H/q+1;. The minimum absolute atomic E-state index is 0. The van der Waals surface area contributed by atoms with Gasteiger partial charge in [0.05, 0.1) is 12.2 Å². The molecule has 0 saturated carbocycles. The van der Waals surface area contributed by atoms with Crippen LogP contribution in [0.15, 0.2) is 48.8 Å². The molecule has 0 unspecified atom stereocenters. The Balaban J connectivity index is 0.00000264. The number of hydrogen-bond acceptors (Lipinski definition) is 2. The van der Waals surface area contributed by atoms with Gasteiger partial charge in [0, 0.05) is 17.7 Å². The van der Waals surface area contributed by atoms with Crippen molar-refractivity contribution in [3.05, 3.63) is 59.9 Å². The molecular weight excluding hydrogens is 375 g/mol. The SMILES string of the molecule is Br.CCOc1ccc(C(=O)C[n+]2ccc(C(F)(F)F)cc2)cc1. The maximum absolute atomic E-state index is 12.5. The Hall–Kier alpha value is -1.89. The Morgan fingerprint density at radius 2 is 1.65 bits per heavy atom. The van der Waals surface area contributed by atoms with Crippen molar-refractivity contribution in [1.29, 1.82) is 0 Å². The third kappa shape index (κ3) is 5.35. The van der Waals surface area contributed by atoms with Gasteiger partial charge in [-0.3, -0.25) is 4.79 Å². The van der Waals surface area contributed by atoms with Crippen molar-refractivity contribution in [1.82, 2.24) is 0 Å². The summed E-state index contributed by atoms with van der Waals surface area (Å²) in [6, 6.07) is 8.55. The van der Waals surface area contributed by atoms with Gasteiger partial charge in [-0.05, 0) is 31.2 Å². The lowest BCUT2D eigenvalue weighted by Crippen LogP contribution is -2.37. The number of benzene rings is 1. The number of halogens is 4. The van der Waals surface area contributed by atoms with E-state index < -0.39 is 11.7 Å². The number of ether oxygens (including phenoxy) is 1. The third-order valence-electron chi connectivity index (χ3n) is 3.03. The van der Waals surface area contributed by atoms with Gasteiger partial charge in [0.1, 0.15) is 5.75 Å². The molecule has 3 nitrogen and oxygen atoms in total. The second-order valence-electron chi connectivity index (χ2n) is 4.64. The van der Waals surface area contributed by atoms with Crippen molar-refractivity contribution < 1.29 is 27.3 Å². The summed E-state index contributed by atoms with van der Waals surface area (Å²) in [5, 5.41) is 0. The van der Waals surface area contributed by atoms with Crippen LogP contribution in [0.5, 0.6) is 5.75 Å². The summed E-state index contributed by atoms with van der Waals surface area (Å²) >= 11 is 0. The number of carbonyl (C=O) groups is 1. The van der Waals surface area contributed by atoms with E-state index in [1.807, 2.05) is 6.92 Å². The van der Waals surface area contributed by atoms with Crippen LogP contribution in [0.3, 0.4) is 0 Å². The smallest absolute Gasteiger partial charge is 0.416 e. The molecular formula is C16H16BrF3NO2+. The van der Waals surface area contributed by atoms with Crippen LogP contribution >= 0.6 is 17.0 Å². The minimum Gasteiger partial charge on any atom is -0.494 e. The van der Waals surface area contributed by atoms with Gasteiger partial charge in [-0.1, -0.05) is 0 Å². The summed E-state index contributed by atoms with van der Waals surface area (Å²) in [6.07, 6.45) is -1.89. The first-order chi connectivity index (χ1) is 10.4. The number of alkyl halides is 3. The number of Topliss-reactive ketones (excluding diaryl/α,β-unsaturated/α-hetero) is 1. The highest BCUT2D eigenvalue weighted by molar-refractivity contribution is 8.93. The molecule has 0 saturated heterocycles. The van der Waals surface area contributed by atoms with E-state index in [1.165, 1.54) is 17.0 Å². The summed E-state index contributed by atoms with van der Waals surface area (Å²) in [6.45, 7) is 2.38. The first kappa shape index (κ1) is 19.2. The summed E-state index contributed by atoms with van der Waals surface area (Å²) in [5.41, 5.74) is -0.256. The van der Waals surface area contributed by atoms with Gasteiger partial charge < -0.3 is 4.74 Å². The zero-order valence-corrected chi connectivity index (χ0v) is 14.1. The van der Waals surface area contributed by atoms with Crippen LogP contribution in [0.1, 0.15) is 22.8 Å². The number of nitrogens with zero attached hydrogens (tertiary/aromatic N) is 1. The highest BCUT2D eigenvalue weighted by Gasteiger charge is 2.31. The average molecular weight is 391 g/mol. The minimum atomic E-state index is -4.38. The van der Waals surface area contributed by atoms with Crippen LogP contribution in [0.2, 0.25) is 0 Å². The number of ketones is 1. The van der Waals surface area contributed by atoms with Crippen LogP contribution in [-0.2, 0) is 12.7 Å². The molecule has 0 aliphatic carbocycles. The van der Waals surface area contributed by atoms with E-state index >= 15 is 0 Å². The van der Waals surface area contributed by atoms with E-state index in [9.17, 15) is 18.0 Å². The van der Waals surface area contributed by atoms with Crippen molar-refractivity contribution in [2.45, 2.75) is 19.6 Å². The lowest BCUT2D eigenvalue weighted by atomic mass is 10.1. The van der Waals surface area contributed by atoms with Crippen LogP contribution in [0.4, 0.5) is 13.2 Å². The summed E-state index contributed by atoms with van der Waals surface area (Å²) in [4.78, 5) is 12.1. The van der Waals surface area contributed by atoms with Gasteiger partial charge in [-0.25, -0.2) is 0 Å². The van der Waals surface area contributed by atoms with Gasteiger partial charge >= 0.3 is 6.18 Å². The van der Waals surface area contributed by atoms with E-state index in [0.717, 1.165) is 12.1 Å². The summed E-state index contributed by atoms with van der Waals surface area (Å²) < 4.78 is 44.1. The number of aromatic nitrogens is 1. The van der Waals surface area contributed by atoms with Crippen LogP contribution in [0.25, 0.3) is 0 Å². The number of carbonyl (C=O) groups excluding carboxylic acids is 1. The summed E-state index contributed by atoms with van der Waals surface area (Å²) in [7, 11) is 0. The molecule has 0 amide bonds.